The lowest BCUT2D eigenvalue weighted by molar-refractivity contribution is 0.262. The molecule has 1 aromatic carbocycles. The molecule has 19 heavy (non-hydrogen) atoms. The van der Waals surface area contributed by atoms with Crippen LogP contribution in [0.3, 0.4) is 0 Å². The first kappa shape index (κ1) is 14.5. The van der Waals surface area contributed by atoms with Crippen molar-refractivity contribution in [1.29, 1.82) is 0 Å². The number of benzene rings is 1. The number of aliphatic hydroxyl groups excluding tert-OH is 1. The van der Waals surface area contributed by atoms with Gasteiger partial charge in [0.1, 0.15) is 6.61 Å². The van der Waals surface area contributed by atoms with Gasteiger partial charge in [0, 0.05) is 16.6 Å². The van der Waals surface area contributed by atoms with Gasteiger partial charge in [0.2, 0.25) is 0 Å². The molecule has 1 N–H and O–H groups in total. The molecule has 0 saturated heterocycles. The first-order valence-electron chi connectivity index (χ1n) is 6.01. The second-order valence-corrected chi connectivity index (χ2v) is 5.99. The molecule has 0 amide bonds. The van der Waals surface area contributed by atoms with Crippen LogP contribution in [0, 0.1) is 5.92 Å². The number of aromatic nitrogens is 3. The van der Waals surface area contributed by atoms with Gasteiger partial charge in [-0.2, -0.15) is 0 Å². The van der Waals surface area contributed by atoms with Crippen LogP contribution in [0.4, 0.5) is 0 Å². The van der Waals surface area contributed by atoms with Gasteiger partial charge in [-0.05, 0) is 40.0 Å². The van der Waals surface area contributed by atoms with E-state index in [2.05, 4.69) is 40.0 Å². The van der Waals surface area contributed by atoms with Gasteiger partial charge in [0.15, 0.2) is 11.6 Å². The topological polar surface area (TPSA) is 50.9 Å². The number of rotatable bonds is 4. The Labute approximate surface area is 125 Å². The molecule has 0 spiro atoms. The van der Waals surface area contributed by atoms with Crippen molar-refractivity contribution < 1.29 is 5.11 Å². The van der Waals surface area contributed by atoms with Gasteiger partial charge in [0.05, 0.1) is 5.02 Å². The molecule has 0 atom stereocenters. The third-order valence-electron chi connectivity index (χ3n) is 2.69. The third-order valence-corrected chi connectivity index (χ3v) is 3.93. The molecule has 0 saturated carbocycles. The van der Waals surface area contributed by atoms with E-state index in [0.29, 0.717) is 16.8 Å². The van der Waals surface area contributed by atoms with Crippen LogP contribution >= 0.6 is 27.5 Å². The van der Waals surface area contributed by atoms with E-state index in [9.17, 15) is 5.11 Å². The molecule has 0 fully saturated rings. The van der Waals surface area contributed by atoms with E-state index >= 15 is 0 Å². The Bertz CT molecular complexity index is 583. The number of nitrogens with zero attached hydrogens (tertiary/aromatic N) is 3. The Morgan fingerprint density at radius 3 is 2.68 bits per heavy atom. The molecule has 102 valence electrons. The average molecular weight is 345 g/mol. The highest BCUT2D eigenvalue weighted by molar-refractivity contribution is 9.10. The summed E-state index contributed by atoms with van der Waals surface area (Å²) in [5.74, 6) is 1.74. The minimum atomic E-state index is -0.121. The Morgan fingerprint density at radius 1 is 1.37 bits per heavy atom. The van der Waals surface area contributed by atoms with Gasteiger partial charge in [-0.15, -0.1) is 10.2 Å². The van der Waals surface area contributed by atoms with Gasteiger partial charge in [-0.3, -0.25) is 0 Å². The van der Waals surface area contributed by atoms with Crippen LogP contribution in [0.25, 0.3) is 11.4 Å². The Balaban J connectivity index is 2.48. The second kappa shape index (κ2) is 6.03. The zero-order valence-electron chi connectivity index (χ0n) is 10.8. The largest absolute Gasteiger partial charge is 0.388 e. The SMILES string of the molecule is CC(C)Cn1c(CO)nnc1-c1ccc(Br)c(Cl)c1. The molecule has 1 aromatic heterocycles. The van der Waals surface area contributed by atoms with Crippen molar-refractivity contribution in [3.8, 4) is 11.4 Å². The monoisotopic (exact) mass is 343 g/mol. The molecule has 0 aliphatic carbocycles. The molecular formula is C13H15BrClN3O. The molecule has 0 radical (unpaired) electrons. The van der Waals surface area contributed by atoms with Crippen molar-refractivity contribution >= 4 is 27.5 Å². The lowest BCUT2D eigenvalue weighted by Crippen LogP contribution is -2.10. The van der Waals surface area contributed by atoms with E-state index in [1.807, 2.05) is 22.8 Å². The highest BCUT2D eigenvalue weighted by Gasteiger charge is 2.15. The van der Waals surface area contributed by atoms with Crippen LogP contribution < -0.4 is 0 Å². The molecule has 2 aromatic rings. The molecular weight excluding hydrogens is 330 g/mol. The summed E-state index contributed by atoms with van der Waals surface area (Å²) in [6, 6.07) is 5.65. The summed E-state index contributed by atoms with van der Waals surface area (Å²) in [4.78, 5) is 0. The first-order valence-corrected chi connectivity index (χ1v) is 7.18. The predicted molar refractivity (Wildman–Crippen MR) is 78.9 cm³/mol. The highest BCUT2D eigenvalue weighted by atomic mass is 79.9. The van der Waals surface area contributed by atoms with Crippen molar-refractivity contribution in [2.24, 2.45) is 5.92 Å². The number of aliphatic hydroxyl groups is 1. The van der Waals surface area contributed by atoms with Gasteiger partial charge >= 0.3 is 0 Å². The molecule has 6 heteroatoms. The van der Waals surface area contributed by atoms with Crippen molar-refractivity contribution in [3.63, 3.8) is 0 Å². The summed E-state index contributed by atoms with van der Waals surface area (Å²) >= 11 is 9.47. The summed E-state index contributed by atoms with van der Waals surface area (Å²) in [7, 11) is 0. The molecule has 1 heterocycles. The smallest absolute Gasteiger partial charge is 0.164 e. The van der Waals surface area contributed by atoms with Gasteiger partial charge in [-0.25, -0.2) is 0 Å². The lowest BCUT2D eigenvalue weighted by atomic mass is 10.2. The zero-order valence-corrected chi connectivity index (χ0v) is 13.1. The van der Waals surface area contributed by atoms with Crippen LogP contribution in [0.15, 0.2) is 22.7 Å². The maximum Gasteiger partial charge on any atom is 0.164 e. The maximum atomic E-state index is 9.33. The van der Waals surface area contributed by atoms with Gasteiger partial charge in [-0.1, -0.05) is 25.4 Å². The molecule has 4 nitrogen and oxygen atoms in total. The third kappa shape index (κ3) is 3.16. The number of halogens is 2. The van der Waals surface area contributed by atoms with Crippen LogP contribution in [0.2, 0.25) is 5.02 Å². The van der Waals surface area contributed by atoms with Crippen LogP contribution in [-0.2, 0) is 13.2 Å². The van der Waals surface area contributed by atoms with E-state index in [1.54, 1.807) is 0 Å². The Hall–Kier alpha value is -0.910. The number of hydrogen-bond acceptors (Lipinski definition) is 3. The fourth-order valence-corrected chi connectivity index (χ4v) is 2.29. The molecule has 0 unspecified atom stereocenters. The summed E-state index contributed by atoms with van der Waals surface area (Å²) in [6.45, 7) is 4.86. The van der Waals surface area contributed by atoms with Crippen molar-refractivity contribution in [1.82, 2.24) is 14.8 Å². The lowest BCUT2D eigenvalue weighted by Gasteiger charge is -2.12. The summed E-state index contributed by atoms with van der Waals surface area (Å²) < 4.78 is 2.78. The number of hydrogen-bond donors (Lipinski definition) is 1. The quantitative estimate of drug-likeness (QED) is 0.923. The minimum absolute atomic E-state index is 0.121. The van der Waals surface area contributed by atoms with Crippen molar-refractivity contribution in [2.75, 3.05) is 0 Å². The van der Waals surface area contributed by atoms with E-state index < -0.39 is 0 Å². The second-order valence-electron chi connectivity index (χ2n) is 4.73. The van der Waals surface area contributed by atoms with Crippen molar-refractivity contribution in [2.45, 2.75) is 27.0 Å². The summed E-state index contributed by atoms with van der Waals surface area (Å²) in [6.07, 6.45) is 0. The van der Waals surface area contributed by atoms with E-state index in [-0.39, 0.29) is 6.61 Å². The van der Waals surface area contributed by atoms with E-state index in [4.69, 9.17) is 11.6 Å². The van der Waals surface area contributed by atoms with Crippen LogP contribution in [-0.4, -0.2) is 19.9 Å². The molecule has 0 aliphatic heterocycles. The van der Waals surface area contributed by atoms with Crippen LogP contribution in [0.1, 0.15) is 19.7 Å². The van der Waals surface area contributed by atoms with E-state index in [0.717, 1.165) is 22.4 Å². The molecule has 2 rings (SSSR count). The fraction of sp³-hybridized carbons (Fsp3) is 0.385. The average Bonchev–Trinajstić information content (AvgIpc) is 2.75. The summed E-state index contributed by atoms with van der Waals surface area (Å²) in [5.41, 5.74) is 0.890. The zero-order chi connectivity index (χ0) is 14.0. The van der Waals surface area contributed by atoms with Gasteiger partial charge in [0.25, 0.3) is 0 Å². The Kier molecular flexibility index (Phi) is 4.60. The highest BCUT2D eigenvalue weighted by Crippen LogP contribution is 2.28. The van der Waals surface area contributed by atoms with Gasteiger partial charge < -0.3 is 9.67 Å². The standard InChI is InChI=1S/C13H15BrClN3O/c1-8(2)6-18-12(7-19)16-17-13(18)9-3-4-10(14)11(15)5-9/h3-5,8,19H,6-7H2,1-2H3. The van der Waals surface area contributed by atoms with E-state index in [1.165, 1.54) is 0 Å². The molecule has 0 aliphatic rings. The fourth-order valence-electron chi connectivity index (χ4n) is 1.86. The summed E-state index contributed by atoms with van der Waals surface area (Å²) in [5, 5.41) is 18.1. The predicted octanol–water partition coefficient (Wildman–Crippen LogP) is 3.51. The maximum absolute atomic E-state index is 9.33. The van der Waals surface area contributed by atoms with Crippen molar-refractivity contribution in [3.05, 3.63) is 33.5 Å². The minimum Gasteiger partial charge on any atom is -0.388 e. The van der Waals surface area contributed by atoms with Crippen LogP contribution in [0.5, 0.6) is 0 Å². The normalized spacial score (nSPS) is 11.3. The Morgan fingerprint density at radius 2 is 2.11 bits per heavy atom. The first-order chi connectivity index (χ1) is 9.02. The molecule has 0 bridgehead atoms.